The number of ether oxygens (including phenoxy) is 1. The number of thiophene rings is 1. The van der Waals surface area contributed by atoms with E-state index < -0.39 is 0 Å². The zero-order chi connectivity index (χ0) is 19.2. The van der Waals surface area contributed by atoms with Gasteiger partial charge in [-0.2, -0.15) is 11.3 Å². The van der Waals surface area contributed by atoms with Crippen LogP contribution in [0.2, 0.25) is 0 Å². The maximum Gasteiger partial charge on any atom is 0.226 e. The predicted molar refractivity (Wildman–Crippen MR) is 114 cm³/mol. The number of nitrogens with one attached hydrogen (secondary N) is 1. The van der Waals surface area contributed by atoms with Gasteiger partial charge in [-0.1, -0.05) is 24.3 Å². The van der Waals surface area contributed by atoms with Crippen LogP contribution in [0.25, 0.3) is 10.6 Å². The molecule has 0 saturated carbocycles. The Kier molecular flexibility index (Phi) is 6.49. The average Bonchev–Trinajstić information content (AvgIpc) is 3.40. The molecule has 0 atom stereocenters. The van der Waals surface area contributed by atoms with E-state index in [9.17, 15) is 4.79 Å². The summed E-state index contributed by atoms with van der Waals surface area (Å²) in [6.07, 6.45) is 0.315. The number of rotatable bonds is 7. The minimum Gasteiger partial charge on any atom is -0.379 e. The van der Waals surface area contributed by atoms with E-state index in [2.05, 4.69) is 50.9 Å². The van der Waals surface area contributed by atoms with Gasteiger partial charge in [-0.25, -0.2) is 4.98 Å². The minimum absolute atomic E-state index is 0.000406. The van der Waals surface area contributed by atoms with Crippen LogP contribution < -0.4 is 5.32 Å². The monoisotopic (exact) mass is 413 g/mol. The number of carbonyl (C=O) groups is 1. The van der Waals surface area contributed by atoms with Crippen molar-refractivity contribution in [3.63, 3.8) is 0 Å². The van der Waals surface area contributed by atoms with E-state index in [1.54, 1.807) is 22.7 Å². The molecule has 146 valence electrons. The summed E-state index contributed by atoms with van der Waals surface area (Å²) < 4.78 is 5.39. The first-order valence-electron chi connectivity index (χ1n) is 9.38. The second-order valence-corrected chi connectivity index (χ2v) is 8.45. The Labute approximate surface area is 173 Å². The number of carbonyl (C=O) groups excluding carboxylic acids is 1. The Morgan fingerprint density at radius 2 is 1.89 bits per heavy atom. The lowest BCUT2D eigenvalue weighted by Gasteiger charge is -2.26. The third-order valence-corrected chi connectivity index (χ3v) is 6.31. The molecular weight excluding hydrogens is 390 g/mol. The lowest BCUT2D eigenvalue weighted by Crippen LogP contribution is -2.35. The zero-order valence-corrected chi connectivity index (χ0v) is 17.2. The SMILES string of the molecule is O=C(Cc1csc(-c2ccsc2)n1)NCc1ccc(CN2CCOCC2)cc1. The van der Waals surface area contributed by atoms with Crippen LogP contribution in [0.4, 0.5) is 0 Å². The third-order valence-electron chi connectivity index (χ3n) is 4.68. The fourth-order valence-corrected chi connectivity index (χ4v) is 4.65. The number of hydrogen-bond acceptors (Lipinski definition) is 6. The Bertz CT molecular complexity index is 885. The van der Waals surface area contributed by atoms with Crippen molar-refractivity contribution < 1.29 is 9.53 Å². The molecule has 0 unspecified atom stereocenters. The summed E-state index contributed by atoms with van der Waals surface area (Å²) in [5.74, 6) is -0.000406. The van der Waals surface area contributed by atoms with Gasteiger partial charge in [0.15, 0.2) is 0 Å². The molecular formula is C21H23N3O2S2. The molecule has 3 aromatic rings. The first kappa shape index (κ1) is 19.3. The topological polar surface area (TPSA) is 54.5 Å². The molecule has 1 N–H and O–H groups in total. The molecule has 0 spiro atoms. The molecule has 1 aliphatic heterocycles. The van der Waals surface area contributed by atoms with Crippen LogP contribution in [0.15, 0.2) is 46.5 Å². The molecule has 4 rings (SSSR count). The van der Waals surface area contributed by atoms with Crippen LogP contribution in [0.3, 0.4) is 0 Å². The Hall–Kier alpha value is -2.06. The number of hydrogen-bond donors (Lipinski definition) is 1. The number of amides is 1. The van der Waals surface area contributed by atoms with Gasteiger partial charge in [-0.15, -0.1) is 11.3 Å². The van der Waals surface area contributed by atoms with Crippen LogP contribution in [0.1, 0.15) is 16.8 Å². The van der Waals surface area contributed by atoms with Crippen molar-refractivity contribution in [3.8, 4) is 10.6 Å². The highest BCUT2D eigenvalue weighted by molar-refractivity contribution is 7.14. The molecule has 1 saturated heterocycles. The highest BCUT2D eigenvalue weighted by atomic mass is 32.1. The van der Waals surface area contributed by atoms with E-state index in [-0.39, 0.29) is 5.91 Å². The highest BCUT2D eigenvalue weighted by Crippen LogP contribution is 2.25. The van der Waals surface area contributed by atoms with E-state index in [0.717, 1.165) is 54.7 Å². The summed E-state index contributed by atoms with van der Waals surface area (Å²) in [5.41, 5.74) is 4.35. The minimum atomic E-state index is -0.000406. The summed E-state index contributed by atoms with van der Waals surface area (Å²) in [5, 5.41) is 10.0. The number of nitrogens with zero attached hydrogens (tertiary/aromatic N) is 2. The van der Waals surface area contributed by atoms with Gasteiger partial charge < -0.3 is 10.1 Å². The largest absolute Gasteiger partial charge is 0.379 e. The molecule has 0 bridgehead atoms. The predicted octanol–water partition coefficient (Wildman–Crippen LogP) is 3.56. The summed E-state index contributed by atoms with van der Waals surface area (Å²) in [4.78, 5) is 19.2. The van der Waals surface area contributed by atoms with Crippen molar-refractivity contribution in [2.75, 3.05) is 26.3 Å². The van der Waals surface area contributed by atoms with Crippen molar-refractivity contribution in [2.45, 2.75) is 19.5 Å². The second-order valence-electron chi connectivity index (χ2n) is 6.81. The van der Waals surface area contributed by atoms with E-state index >= 15 is 0 Å². The van der Waals surface area contributed by atoms with Crippen LogP contribution in [0, 0.1) is 0 Å². The van der Waals surface area contributed by atoms with E-state index in [1.165, 1.54) is 5.56 Å². The van der Waals surface area contributed by atoms with Gasteiger partial charge in [0.2, 0.25) is 5.91 Å². The molecule has 0 radical (unpaired) electrons. The number of thiazole rings is 1. The Balaban J connectivity index is 1.24. The number of morpholine rings is 1. The molecule has 5 nitrogen and oxygen atoms in total. The second kappa shape index (κ2) is 9.43. The smallest absolute Gasteiger partial charge is 0.226 e. The van der Waals surface area contributed by atoms with E-state index in [0.29, 0.717) is 13.0 Å². The van der Waals surface area contributed by atoms with Gasteiger partial charge in [0, 0.05) is 42.5 Å². The van der Waals surface area contributed by atoms with Crippen molar-refractivity contribution in [3.05, 3.63) is 63.3 Å². The summed E-state index contributed by atoms with van der Waals surface area (Å²) in [6, 6.07) is 10.5. The van der Waals surface area contributed by atoms with Crippen molar-refractivity contribution in [2.24, 2.45) is 0 Å². The van der Waals surface area contributed by atoms with Gasteiger partial charge in [-0.3, -0.25) is 9.69 Å². The van der Waals surface area contributed by atoms with Crippen LogP contribution in [-0.4, -0.2) is 42.1 Å². The molecule has 1 fully saturated rings. The Morgan fingerprint density at radius 1 is 1.11 bits per heavy atom. The maximum absolute atomic E-state index is 12.2. The standard InChI is InChI=1S/C21H23N3O2S2/c25-20(11-19-15-28-21(23-19)18-5-10-27-14-18)22-12-16-1-3-17(4-2-16)13-24-6-8-26-9-7-24/h1-5,10,14-15H,6-9,11-13H2,(H,22,25). The van der Waals surface area contributed by atoms with Crippen LogP contribution >= 0.6 is 22.7 Å². The first-order chi connectivity index (χ1) is 13.8. The molecule has 2 aromatic heterocycles. The first-order valence-corrected chi connectivity index (χ1v) is 11.2. The molecule has 1 amide bonds. The van der Waals surface area contributed by atoms with Gasteiger partial charge in [0.05, 0.1) is 25.3 Å². The summed E-state index contributed by atoms with van der Waals surface area (Å²) >= 11 is 3.24. The summed E-state index contributed by atoms with van der Waals surface area (Å²) in [6.45, 7) is 5.10. The zero-order valence-electron chi connectivity index (χ0n) is 15.6. The van der Waals surface area contributed by atoms with Crippen molar-refractivity contribution >= 4 is 28.6 Å². The quantitative estimate of drug-likeness (QED) is 0.643. The van der Waals surface area contributed by atoms with Gasteiger partial charge in [0.1, 0.15) is 5.01 Å². The van der Waals surface area contributed by atoms with E-state index in [1.807, 2.05) is 10.8 Å². The molecule has 1 aromatic carbocycles. The third kappa shape index (κ3) is 5.26. The molecule has 28 heavy (non-hydrogen) atoms. The highest BCUT2D eigenvalue weighted by Gasteiger charge is 2.11. The van der Waals surface area contributed by atoms with Crippen molar-refractivity contribution in [1.29, 1.82) is 0 Å². The van der Waals surface area contributed by atoms with Crippen molar-refractivity contribution in [1.82, 2.24) is 15.2 Å². The Morgan fingerprint density at radius 3 is 2.64 bits per heavy atom. The molecule has 7 heteroatoms. The number of benzene rings is 1. The van der Waals surface area contributed by atoms with Crippen LogP contribution in [-0.2, 0) is 29.0 Å². The fourth-order valence-electron chi connectivity index (χ4n) is 3.11. The average molecular weight is 414 g/mol. The lowest BCUT2D eigenvalue weighted by molar-refractivity contribution is -0.120. The lowest BCUT2D eigenvalue weighted by atomic mass is 10.1. The normalized spacial score (nSPS) is 14.9. The molecule has 3 heterocycles. The maximum atomic E-state index is 12.2. The number of aromatic nitrogens is 1. The van der Waals surface area contributed by atoms with Gasteiger partial charge in [0.25, 0.3) is 0 Å². The fraction of sp³-hybridized carbons (Fsp3) is 0.333. The van der Waals surface area contributed by atoms with Gasteiger partial charge >= 0.3 is 0 Å². The molecule has 0 aliphatic carbocycles. The summed E-state index contributed by atoms with van der Waals surface area (Å²) in [7, 11) is 0. The van der Waals surface area contributed by atoms with Crippen LogP contribution in [0.5, 0.6) is 0 Å². The van der Waals surface area contributed by atoms with Gasteiger partial charge in [-0.05, 0) is 22.6 Å². The van der Waals surface area contributed by atoms with E-state index in [4.69, 9.17) is 4.74 Å². The molecule has 1 aliphatic rings.